The first-order valence-electron chi connectivity index (χ1n) is 10.3. The molecule has 6 heteroatoms. The number of rotatable bonds is 6. The highest BCUT2D eigenvalue weighted by molar-refractivity contribution is 5.78. The number of likely N-dealkylation sites (tertiary alicyclic amines) is 1. The van der Waals surface area contributed by atoms with Crippen LogP contribution in [0.4, 0.5) is 4.39 Å². The Kier molecular flexibility index (Phi) is 6.42. The molecule has 0 radical (unpaired) electrons. The van der Waals surface area contributed by atoms with Crippen molar-refractivity contribution in [2.75, 3.05) is 39.4 Å². The summed E-state index contributed by atoms with van der Waals surface area (Å²) in [6, 6.07) is 15.7. The maximum Gasteiger partial charge on any atom is 0.261 e. The van der Waals surface area contributed by atoms with Crippen molar-refractivity contribution in [3.05, 3.63) is 66.0 Å². The minimum Gasteiger partial charge on any atom is -0.484 e. The predicted octanol–water partition coefficient (Wildman–Crippen LogP) is 3.27. The molecule has 5 nitrogen and oxygen atoms in total. The molecule has 2 saturated heterocycles. The van der Waals surface area contributed by atoms with Crippen LogP contribution in [-0.4, -0.2) is 61.2 Å². The van der Waals surface area contributed by atoms with Gasteiger partial charge in [0, 0.05) is 13.1 Å². The maximum atomic E-state index is 13.1. The van der Waals surface area contributed by atoms with Gasteiger partial charge in [0.1, 0.15) is 11.6 Å². The second kappa shape index (κ2) is 9.37. The summed E-state index contributed by atoms with van der Waals surface area (Å²) >= 11 is 0. The van der Waals surface area contributed by atoms with Crippen molar-refractivity contribution >= 4 is 5.91 Å². The summed E-state index contributed by atoms with van der Waals surface area (Å²) in [5, 5.41) is 0. The van der Waals surface area contributed by atoms with Gasteiger partial charge in [-0.05, 0) is 55.8 Å². The minimum absolute atomic E-state index is 0.0704. The molecule has 0 aromatic heterocycles. The molecule has 4 rings (SSSR count). The number of hydrogen-bond acceptors (Lipinski definition) is 4. The predicted molar refractivity (Wildman–Crippen MR) is 108 cm³/mol. The third kappa shape index (κ3) is 4.95. The summed E-state index contributed by atoms with van der Waals surface area (Å²) in [6.45, 7) is 3.96. The molecular weight excluding hydrogens is 371 g/mol. The summed E-state index contributed by atoms with van der Waals surface area (Å²) in [4.78, 5) is 17.4. The zero-order valence-electron chi connectivity index (χ0n) is 16.5. The van der Waals surface area contributed by atoms with Gasteiger partial charge in [-0.15, -0.1) is 0 Å². The van der Waals surface area contributed by atoms with Crippen molar-refractivity contribution in [1.29, 1.82) is 0 Å². The van der Waals surface area contributed by atoms with Gasteiger partial charge in [0.15, 0.2) is 6.61 Å². The molecule has 2 aromatic rings. The average Bonchev–Trinajstić information content (AvgIpc) is 3.27. The molecule has 2 atom stereocenters. The smallest absolute Gasteiger partial charge is 0.261 e. The number of amides is 1. The number of halogens is 1. The first-order valence-corrected chi connectivity index (χ1v) is 10.3. The standard InChI is InChI=1S/C23H27FN2O3/c24-19-8-10-20(11-9-19)29-17-22(27)26-14-15-28-21(16-25-12-4-5-13-25)23(26)18-6-2-1-3-7-18/h1-3,6-11,21,23H,4-5,12-17H2/t21-,23-/m0/s1. The van der Waals surface area contributed by atoms with E-state index in [1.165, 1.54) is 37.1 Å². The van der Waals surface area contributed by atoms with E-state index in [0.717, 1.165) is 25.2 Å². The Balaban J connectivity index is 1.49. The number of ether oxygens (including phenoxy) is 2. The zero-order chi connectivity index (χ0) is 20.1. The van der Waals surface area contributed by atoms with Crippen LogP contribution < -0.4 is 4.74 Å². The topological polar surface area (TPSA) is 42.0 Å². The van der Waals surface area contributed by atoms with E-state index in [2.05, 4.69) is 17.0 Å². The van der Waals surface area contributed by atoms with Crippen molar-refractivity contribution in [2.45, 2.75) is 25.0 Å². The van der Waals surface area contributed by atoms with Crippen molar-refractivity contribution < 1.29 is 18.7 Å². The van der Waals surface area contributed by atoms with Gasteiger partial charge >= 0.3 is 0 Å². The van der Waals surface area contributed by atoms with Crippen molar-refractivity contribution in [1.82, 2.24) is 9.80 Å². The van der Waals surface area contributed by atoms with Crippen LogP contribution in [0.2, 0.25) is 0 Å². The van der Waals surface area contributed by atoms with Gasteiger partial charge in [-0.3, -0.25) is 4.79 Å². The van der Waals surface area contributed by atoms with Crippen molar-refractivity contribution in [3.63, 3.8) is 0 Å². The van der Waals surface area contributed by atoms with E-state index >= 15 is 0 Å². The molecule has 0 saturated carbocycles. The fourth-order valence-corrected chi connectivity index (χ4v) is 4.19. The molecule has 0 N–H and O–H groups in total. The van der Waals surface area contributed by atoms with Gasteiger partial charge in [-0.1, -0.05) is 30.3 Å². The van der Waals surface area contributed by atoms with E-state index in [0.29, 0.717) is 18.9 Å². The molecule has 29 heavy (non-hydrogen) atoms. The summed E-state index contributed by atoms with van der Waals surface area (Å²) in [5.74, 6) is 0.0709. The maximum absolute atomic E-state index is 13.1. The molecule has 0 spiro atoms. The third-order valence-corrected chi connectivity index (χ3v) is 5.63. The van der Waals surface area contributed by atoms with Gasteiger partial charge in [0.25, 0.3) is 5.91 Å². The number of nitrogens with zero attached hydrogens (tertiary/aromatic N) is 2. The third-order valence-electron chi connectivity index (χ3n) is 5.63. The van der Waals surface area contributed by atoms with E-state index in [4.69, 9.17) is 9.47 Å². The van der Waals surface area contributed by atoms with Crippen LogP contribution in [0.3, 0.4) is 0 Å². The largest absolute Gasteiger partial charge is 0.484 e. The van der Waals surface area contributed by atoms with E-state index in [9.17, 15) is 9.18 Å². The van der Waals surface area contributed by atoms with E-state index in [1.807, 2.05) is 23.1 Å². The molecule has 2 aliphatic heterocycles. The number of hydrogen-bond donors (Lipinski definition) is 0. The van der Waals surface area contributed by atoms with E-state index in [-0.39, 0.29) is 30.5 Å². The van der Waals surface area contributed by atoms with Crippen LogP contribution in [0.5, 0.6) is 5.75 Å². The Labute approximate surface area is 171 Å². The lowest BCUT2D eigenvalue weighted by molar-refractivity contribution is -0.150. The molecular formula is C23H27FN2O3. The van der Waals surface area contributed by atoms with Crippen LogP contribution in [0.15, 0.2) is 54.6 Å². The monoisotopic (exact) mass is 398 g/mol. The summed E-state index contributed by atoms with van der Waals surface area (Å²) in [6.07, 6.45) is 2.37. The molecule has 0 bridgehead atoms. The normalized spacial score (nSPS) is 22.6. The van der Waals surface area contributed by atoms with Gasteiger partial charge in [-0.25, -0.2) is 4.39 Å². The van der Waals surface area contributed by atoms with Gasteiger partial charge < -0.3 is 19.3 Å². The highest BCUT2D eigenvalue weighted by Gasteiger charge is 2.37. The second-order valence-electron chi connectivity index (χ2n) is 7.60. The Hall–Kier alpha value is -2.44. The first kappa shape index (κ1) is 19.9. The Morgan fingerprint density at radius 1 is 1.03 bits per heavy atom. The van der Waals surface area contributed by atoms with Gasteiger partial charge in [0.05, 0.1) is 18.8 Å². The fraction of sp³-hybridized carbons (Fsp3) is 0.435. The molecule has 0 aliphatic carbocycles. The highest BCUT2D eigenvalue weighted by atomic mass is 19.1. The van der Waals surface area contributed by atoms with Gasteiger partial charge in [-0.2, -0.15) is 0 Å². The quantitative estimate of drug-likeness (QED) is 0.749. The summed E-state index contributed by atoms with van der Waals surface area (Å²) in [5.41, 5.74) is 1.08. The molecule has 154 valence electrons. The molecule has 2 fully saturated rings. The Bertz CT molecular complexity index is 794. The lowest BCUT2D eigenvalue weighted by Crippen LogP contribution is -2.52. The molecule has 0 unspecified atom stereocenters. The van der Waals surface area contributed by atoms with Crippen LogP contribution in [-0.2, 0) is 9.53 Å². The minimum atomic E-state index is -0.328. The van der Waals surface area contributed by atoms with Gasteiger partial charge in [0.2, 0.25) is 0 Å². The second-order valence-corrected chi connectivity index (χ2v) is 7.60. The molecule has 1 amide bonds. The number of carbonyl (C=O) groups is 1. The number of carbonyl (C=O) groups excluding carboxylic acids is 1. The Morgan fingerprint density at radius 3 is 2.48 bits per heavy atom. The lowest BCUT2D eigenvalue weighted by atomic mass is 9.97. The Morgan fingerprint density at radius 2 is 1.76 bits per heavy atom. The highest BCUT2D eigenvalue weighted by Crippen LogP contribution is 2.31. The summed E-state index contributed by atoms with van der Waals surface area (Å²) in [7, 11) is 0. The van der Waals surface area contributed by atoms with Crippen LogP contribution >= 0.6 is 0 Å². The van der Waals surface area contributed by atoms with Crippen LogP contribution in [0.25, 0.3) is 0 Å². The zero-order valence-corrected chi connectivity index (χ0v) is 16.5. The SMILES string of the molecule is O=C(COc1ccc(F)cc1)N1CCO[C@@H](CN2CCCC2)[C@@H]1c1ccccc1. The van der Waals surface area contributed by atoms with E-state index in [1.54, 1.807) is 0 Å². The fourth-order valence-electron chi connectivity index (χ4n) is 4.19. The van der Waals surface area contributed by atoms with Crippen LogP contribution in [0, 0.1) is 5.82 Å². The van der Waals surface area contributed by atoms with Crippen molar-refractivity contribution in [2.24, 2.45) is 0 Å². The number of benzene rings is 2. The van der Waals surface area contributed by atoms with Crippen molar-refractivity contribution in [3.8, 4) is 5.75 Å². The van der Waals surface area contributed by atoms with Crippen LogP contribution in [0.1, 0.15) is 24.4 Å². The number of morpholine rings is 1. The molecule has 2 heterocycles. The first-order chi connectivity index (χ1) is 14.2. The average molecular weight is 398 g/mol. The molecule has 2 aromatic carbocycles. The summed E-state index contributed by atoms with van der Waals surface area (Å²) < 4.78 is 24.8. The lowest BCUT2D eigenvalue weighted by Gasteiger charge is -2.42. The van der Waals surface area contributed by atoms with E-state index < -0.39 is 0 Å². The molecule has 2 aliphatic rings.